The van der Waals surface area contributed by atoms with Gasteiger partial charge in [-0.25, -0.2) is 4.79 Å². The van der Waals surface area contributed by atoms with Crippen molar-refractivity contribution in [2.24, 2.45) is 0 Å². The molecule has 4 nitrogen and oxygen atoms in total. The van der Waals surface area contributed by atoms with E-state index in [0.29, 0.717) is 5.56 Å². The Morgan fingerprint density at radius 2 is 1.68 bits per heavy atom. The predicted octanol–water partition coefficient (Wildman–Crippen LogP) is 2.78. The van der Waals surface area contributed by atoms with Crippen LogP contribution in [0.2, 0.25) is 0 Å². The molecule has 4 heteroatoms. The quantitative estimate of drug-likeness (QED) is 0.825. The highest BCUT2D eigenvalue weighted by Gasteiger charge is 2.12. The minimum absolute atomic E-state index is 0.135. The van der Waals surface area contributed by atoms with Crippen molar-refractivity contribution in [2.75, 3.05) is 0 Å². The number of fused-ring (bicyclic) bond motifs is 1. The number of aliphatic carboxylic acids is 2. The van der Waals surface area contributed by atoms with Crippen molar-refractivity contribution in [3.8, 4) is 0 Å². The summed E-state index contributed by atoms with van der Waals surface area (Å²) in [4.78, 5) is 21.7. The van der Waals surface area contributed by atoms with E-state index in [0.717, 1.165) is 10.8 Å². The standard InChI is InChI=1S/C15H12O4/c16-14(17)9-12(15(18)19)8-11-6-3-5-10-4-1-2-7-13(10)11/h1-8H,9H2,(H,16,17)(H,18,19)/b12-8-. The first-order valence-electron chi connectivity index (χ1n) is 5.71. The molecule has 96 valence electrons. The molecule has 0 bridgehead atoms. The lowest BCUT2D eigenvalue weighted by Gasteiger charge is -2.04. The molecule has 2 N–H and O–H groups in total. The Morgan fingerprint density at radius 1 is 1.00 bits per heavy atom. The van der Waals surface area contributed by atoms with Gasteiger partial charge >= 0.3 is 11.9 Å². The normalized spacial score (nSPS) is 11.5. The second-order valence-electron chi connectivity index (χ2n) is 4.11. The second kappa shape index (κ2) is 5.35. The zero-order valence-electron chi connectivity index (χ0n) is 10.0. The van der Waals surface area contributed by atoms with Crippen LogP contribution in [0.4, 0.5) is 0 Å². The minimum Gasteiger partial charge on any atom is -0.481 e. The molecule has 0 saturated carbocycles. The topological polar surface area (TPSA) is 74.6 Å². The van der Waals surface area contributed by atoms with Gasteiger partial charge in [0.2, 0.25) is 0 Å². The average Bonchev–Trinajstić information content (AvgIpc) is 2.37. The molecule has 19 heavy (non-hydrogen) atoms. The second-order valence-corrected chi connectivity index (χ2v) is 4.11. The average molecular weight is 256 g/mol. The van der Waals surface area contributed by atoms with Crippen molar-refractivity contribution < 1.29 is 19.8 Å². The first-order valence-corrected chi connectivity index (χ1v) is 5.71. The molecule has 0 fully saturated rings. The largest absolute Gasteiger partial charge is 0.481 e. The lowest BCUT2D eigenvalue weighted by atomic mass is 10.0. The van der Waals surface area contributed by atoms with Gasteiger partial charge < -0.3 is 10.2 Å². The fraction of sp³-hybridized carbons (Fsp3) is 0.0667. The summed E-state index contributed by atoms with van der Waals surface area (Å²) in [6, 6.07) is 13.1. The summed E-state index contributed by atoms with van der Waals surface area (Å²) >= 11 is 0. The molecule has 2 aromatic rings. The molecule has 0 unspecified atom stereocenters. The van der Waals surface area contributed by atoms with E-state index in [-0.39, 0.29) is 5.57 Å². The van der Waals surface area contributed by atoms with Crippen LogP contribution < -0.4 is 0 Å². The maximum atomic E-state index is 11.0. The molecule has 0 aromatic heterocycles. The number of carboxylic acid groups (broad SMARTS) is 2. The van der Waals surface area contributed by atoms with Gasteiger partial charge in [0, 0.05) is 5.57 Å². The molecular weight excluding hydrogens is 244 g/mol. The van der Waals surface area contributed by atoms with E-state index in [4.69, 9.17) is 10.2 Å². The lowest BCUT2D eigenvalue weighted by Crippen LogP contribution is -2.06. The number of carbonyl (C=O) groups is 2. The predicted molar refractivity (Wildman–Crippen MR) is 71.8 cm³/mol. The zero-order valence-corrected chi connectivity index (χ0v) is 10.0. The lowest BCUT2D eigenvalue weighted by molar-refractivity contribution is -0.139. The van der Waals surface area contributed by atoms with E-state index < -0.39 is 18.4 Å². The summed E-state index contributed by atoms with van der Waals surface area (Å²) in [5.41, 5.74) is 0.570. The van der Waals surface area contributed by atoms with Crippen LogP contribution in [0.25, 0.3) is 16.8 Å². The highest BCUT2D eigenvalue weighted by molar-refractivity contribution is 6.00. The molecule has 0 spiro atoms. The maximum absolute atomic E-state index is 11.0. The third-order valence-electron chi connectivity index (χ3n) is 2.77. The highest BCUT2D eigenvalue weighted by atomic mass is 16.4. The van der Waals surface area contributed by atoms with E-state index >= 15 is 0 Å². The van der Waals surface area contributed by atoms with Crippen LogP contribution in [0.5, 0.6) is 0 Å². The molecule has 2 rings (SSSR count). The molecule has 0 heterocycles. The molecule has 0 aliphatic heterocycles. The van der Waals surface area contributed by atoms with E-state index in [9.17, 15) is 9.59 Å². The van der Waals surface area contributed by atoms with Gasteiger partial charge in [-0.15, -0.1) is 0 Å². The molecule has 0 radical (unpaired) electrons. The number of carboxylic acids is 2. The third kappa shape index (κ3) is 2.98. The third-order valence-corrected chi connectivity index (χ3v) is 2.77. The van der Waals surface area contributed by atoms with Crippen molar-refractivity contribution in [1.82, 2.24) is 0 Å². The molecule has 0 atom stereocenters. The van der Waals surface area contributed by atoms with Gasteiger partial charge in [-0.05, 0) is 22.4 Å². The summed E-state index contributed by atoms with van der Waals surface area (Å²) in [7, 11) is 0. The number of hydrogen-bond donors (Lipinski definition) is 2. The smallest absolute Gasteiger partial charge is 0.332 e. The summed E-state index contributed by atoms with van der Waals surface area (Å²) in [6.45, 7) is 0. The van der Waals surface area contributed by atoms with Crippen LogP contribution in [0.1, 0.15) is 12.0 Å². The SMILES string of the molecule is O=C(O)C/C(=C/c1cccc2ccccc12)C(=O)O. The molecule has 2 aromatic carbocycles. The van der Waals surface area contributed by atoms with Crippen LogP contribution >= 0.6 is 0 Å². The van der Waals surface area contributed by atoms with Gasteiger partial charge in [-0.2, -0.15) is 0 Å². The van der Waals surface area contributed by atoms with E-state index in [2.05, 4.69) is 0 Å². The number of rotatable bonds is 4. The van der Waals surface area contributed by atoms with Gasteiger partial charge in [0.1, 0.15) is 0 Å². The summed E-state index contributed by atoms with van der Waals surface area (Å²) in [5, 5.41) is 19.6. The Kier molecular flexibility index (Phi) is 3.61. The summed E-state index contributed by atoms with van der Waals surface area (Å²) < 4.78 is 0. The van der Waals surface area contributed by atoms with Crippen LogP contribution in [-0.4, -0.2) is 22.2 Å². The van der Waals surface area contributed by atoms with E-state index in [1.807, 2.05) is 36.4 Å². The Balaban J connectivity index is 2.54. The highest BCUT2D eigenvalue weighted by Crippen LogP contribution is 2.21. The van der Waals surface area contributed by atoms with Crippen molar-refractivity contribution in [3.05, 3.63) is 53.6 Å². The summed E-state index contributed by atoms with van der Waals surface area (Å²) in [5.74, 6) is -2.37. The number of benzene rings is 2. The minimum atomic E-state index is -1.21. The Morgan fingerprint density at radius 3 is 2.37 bits per heavy atom. The fourth-order valence-corrected chi connectivity index (χ4v) is 1.92. The Hall–Kier alpha value is -2.62. The van der Waals surface area contributed by atoms with Gasteiger partial charge in [-0.3, -0.25) is 4.79 Å². The monoisotopic (exact) mass is 256 g/mol. The van der Waals surface area contributed by atoms with E-state index in [1.165, 1.54) is 6.08 Å². The van der Waals surface area contributed by atoms with Gasteiger partial charge in [0.05, 0.1) is 6.42 Å². The molecule has 0 aliphatic rings. The van der Waals surface area contributed by atoms with E-state index in [1.54, 1.807) is 6.07 Å². The first kappa shape index (κ1) is 12.8. The van der Waals surface area contributed by atoms with Gasteiger partial charge in [-0.1, -0.05) is 42.5 Å². The zero-order chi connectivity index (χ0) is 13.8. The van der Waals surface area contributed by atoms with Crippen molar-refractivity contribution >= 4 is 28.8 Å². The van der Waals surface area contributed by atoms with Gasteiger partial charge in [0.15, 0.2) is 0 Å². The Bertz CT molecular complexity index is 665. The van der Waals surface area contributed by atoms with Crippen molar-refractivity contribution in [1.29, 1.82) is 0 Å². The molecule has 0 amide bonds. The molecule has 0 saturated heterocycles. The summed E-state index contributed by atoms with van der Waals surface area (Å²) in [6.07, 6.45) is 0.914. The number of hydrogen-bond acceptors (Lipinski definition) is 2. The van der Waals surface area contributed by atoms with Crippen LogP contribution in [0.15, 0.2) is 48.0 Å². The van der Waals surface area contributed by atoms with Crippen molar-refractivity contribution in [3.63, 3.8) is 0 Å². The van der Waals surface area contributed by atoms with Crippen LogP contribution in [0, 0.1) is 0 Å². The van der Waals surface area contributed by atoms with Crippen LogP contribution in [0.3, 0.4) is 0 Å². The van der Waals surface area contributed by atoms with Gasteiger partial charge in [0.25, 0.3) is 0 Å². The fourth-order valence-electron chi connectivity index (χ4n) is 1.92. The maximum Gasteiger partial charge on any atom is 0.332 e. The van der Waals surface area contributed by atoms with Crippen molar-refractivity contribution in [2.45, 2.75) is 6.42 Å². The first-order chi connectivity index (χ1) is 9.08. The Labute approximate surface area is 109 Å². The molecule has 0 aliphatic carbocycles. The van der Waals surface area contributed by atoms with Crippen LogP contribution in [-0.2, 0) is 9.59 Å². The molecular formula is C15H12O4.